The van der Waals surface area contributed by atoms with Gasteiger partial charge >= 0.3 is 0 Å². The second kappa shape index (κ2) is 6.66. The summed E-state index contributed by atoms with van der Waals surface area (Å²) < 4.78 is 0. The molecule has 0 saturated carbocycles. The van der Waals surface area contributed by atoms with E-state index in [1.54, 1.807) is 22.9 Å². The number of carbonyl (C=O) groups is 2. The minimum absolute atomic E-state index is 0.0584. The zero-order valence-corrected chi connectivity index (χ0v) is 14.2. The van der Waals surface area contributed by atoms with Gasteiger partial charge in [-0.2, -0.15) is 0 Å². The SMILES string of the molecule is CC(C)CNC(=O)[C@H]1CSCN1C(=O)c1c[nH]c2ccccc12. The average Bonchev–Trinajstić information content (AvgIpc) is 3.18. The van der Waals surface area contributed by atoms with Gasteiger partial charge in [0.15, 0.2) is 0 Å². The van der Waals surface area contributed by atoms with Crippen molar-refractivity contribution in [3.8, 4) is 0 Å². The number of nitrogens with zero attached hydrogens (tertiary/aromatic N) is 1. The molecule has 0 aliphatic carbocycles. The summed E-state index contributed by atoms with van der Waals surface area (Å²) in [6.07, 6.45) is 1.74. The first kappa shape index (κ1) is 15.9. The Hall–Kier alpha value is -1.95. The van der Waals surface area contributed by atoms with Crippen LogP contribution < -0.4 is 5.32 Å². The Kier molecular flexibility index (Phi) is 4.61. The van der Waals surface area contributed by atoms with Gasteiger partial charge in [-0.3, -0.25) is 9.59 Å². The Morgan fingerprint density at radius 2 is 2.17 bits per heavy atom. The molecule has 2 heterocycles. The van der Waals surface area contributed by atoms with E-state index in [2.05, 4.69) is 24.1 Å². The molecule has 0 unspecified atom stereocenters. The zero-order chi connectivity index (χ0) is 16.4. The van der Waals surface area contributed by atoms with E-state index in [-0.39, 0.29) is 17.9 Å². The van der Waals surface area contributed by atoms with Gasteiger partial charge in [-0.25, -0.2) is 0 Å². The maximum Gasteiger partial charge on any atom is 0.257 e. The summed E-state index contributed by atoms with van der Waals surface area (Å²) in [7, 11) is 0. The molecule has 1 aromatic carbocycles. The molecule has 1 saturated heterocycles. The Morgan fingerprint density at radius 1 is 1.39 bits per heavy atom. The van der Waals surface area contributed by atoms with Gasteiger partial charge < -0.3 is 15.2 Å². The number of thioether (sulfide) groups is 1. The largest absolute Gasteiger partial charge is 0.360 e. The van der Waals surface area contributed by atoms with Crippen molar-refractivity contribution in [3.05, 3.63) is 36.0 Å². The Morgan fingerprint density at radius 3 is 2.96 bits per heavy atom. The summed E-state index contributed by atoms with van der Waals surface area (Å²) >= 11 is 1.62. The number of aromatic amines is 1. The topological polar surface area (TPSA) is 65.2 Å². The molecule has 5 nitrogen and oxygen atoms in total. The Balaban J connectivity index is 1.79. The highest BCUT2D eigenvalue weighted by molar-refractivity contribution is 7.99. The van der Waals surface area contributed by atoms with Crippen molar-refractivity contribution in [2.45, 2.75) is 19.9 Å². The van der Waals surface area contributed by atoms with Crippen molar-refractivity contribution in [2.75, 3.05) is 18.2 Å². The smallest absolute Gasteiger partial charge is 0.257 e. The molecule has 0 radical (unpaired) electrons. The first-order chi connectivity index (χ1) is 11.1. The number of hydrogen-bond donors (Lipinski definition) is 2. The lowest BCUT2D eigenvalue weighted by Gasteiger charge is -2.23. The van der Waals surface area contributed by atoms with Gasteiger partial charge in [-0.15, -0.1) is 11.8 Å². The lowest BCUT2D eigenvalue weighted by atomic mass is 10.1. The van der Waals surface area contributed by atoms with Crippen LogP contribution in [0.2, 0.25) is 0 Å². The number of amides is 2. The van der Waals surface area contributed by atoms with Gasteiger partial charge in [0.25, 0.3) is 5.91 Å². The highest BCUT2D eigenvalue weighted by Gasteiger charge is 2.35. The third-order valence-corrected chi connectivity index (χ3v) is 4.96. The fraction of sp³-hybridized carbons (Fsp3) is 0.412. The van der Waals surface area contributed by atoms with E-state index in [1.165, 1.54) is 0 Å². The quantitative estimate of drug-likeness (QED) is 0.904. The molecule has 6 heteroatoms. The molecule has 2 N–H and O–H groups in total. The van der Waals surface area contributed by atoms with Crippen LogP contribution >= 0.6 is 11.8 Å². The molecule has 122 valence electrons. The van der Waals surface area contributed by atoms with E-state index in [4.69, 9.17) is 0 Å². The van der Waals surface area contributed by atoms with Gasteiger partial charge in [0, 0.05) is 29.4 Å². The molecule has 0 spiro atoms. The average molecular weight is 331 g/mol. The van der Waals surface area contributed by atoms with Crippen LogP contribution in [0.1, 0.15) is 24.2 Å². The van der Waals surface area contributed by atoms with Crippen LogP contribution in [-0.4, -0.2) is 45.9 Å². The van der Waals surface area contributed by atoms with Crippen molar-refractivity contribution in [1.82, 2.24) is 15.2 Å². The summed E-state index contributed by atoms with van der Waals surface area (Å²) in [5.41, 5.74) is 1.56. The van der Waals surface area contributed by atoms with Crippen LogP contribution in [0, 0.1) is 5.92 Å². The van der Waals surface area contributed by atoms with E-state index in [9.17, 15) is 9.59 Å². The van der Waals surface area contributed by atoms with Gasteiger partial charge in [0.1, 0.15) is 6.04 Å². The summed E-state index contributed by atoms with van der Waals surface area (Å²) in [4.78, 5) is 30.1. The number of carbonyl (C=O) groups excluding carboxylic acids is 2. The second-order valence-electron chi connectivity index (χ2n) is 6.18. The number of para-hydroxylation sites is 1. The third kappa shape index (κ3) is 3.22. The minimum atomic E-state index is -0.389. The number of benzene rings is 1. The number of H-pyrrole nitrogens is 1. The highest BCUT2D eigenvalue weighted by Crippen LogP contribution is 2.26. The predicted octanol–water partition coefficient (Wildman–Crippen LogP) is 2.46. The maximum atomic E-state index is 12.9. The van der Waals surface area contributed by atoms with E-state index in [0.29, 0.717) is 29.7 Å². The van der Waals surface area contributed by atoms with Crippen LogP contribution in [0.25, 0.3) is 10.9 Å². The molecule has 1 aliphatic rings. The number of aromatic nitrogens is 1. The molecule has 1 atom stereocenters. The Labute approximate surface area is 139 Å². The normalized spacial score (nSPS) is 17.9. The molecular weight excluding hydrogens is 310 g/mol. The summed E-state index contributed by atoms with van der Waals surface area (Å²) in [5, 5.41) is 3.84. The number of rotatable bonds is 4. The standard InChI is InChI=1S/C17H21N3O2S/c1-11(2)7-19-16(21)15-9-23-10-20(15)17(22)13-8-18-14-6-4-3-5-12(13)14/h3-6,8,11,15,18H,7,9-10H2,1-2H3,(H,19,21)/t15-/m1/s1. The molecule has 1 aliphatic heterocycles. The third-order valence-electron chi connectivity index (χ3n) is 3.95. The minimum Gasteiger partial charge on any atom is -0.360 e. The molecule has 1 fully saturated rings. The maximum absolute atomic E-state index is 12.9. The first-order valence-electron chi connectivity index (χ1n) is 7.80. The molecule has 3 rings (SSSR count). The van der Waals surface area contributed by atoms with E-state index < -0.39 is 0 Å². The fourth-order valence-corrected chi connectivity index (χ4v) is 3.84. The van der Waals surface area contributed by atoms with Crippen molar-refractivity contribution < 1.29 is 9.59 Å². The van der Waals surface area contributed by atoms with Crippen LogP contribution in [0.3, 0.4) is 0 Å². The van der Waals surface area contributed by atoms with Crippen molar-refractivity contribution >= 4 is 34.5 Å². The summed E-state index contributed by atoms with van der Waals surface area (Å²) in [6.45, 7) is 4.74. The van der Waals surface area contributed by atoms with Gasteiger partial charge in [-0.1, -0.05) is 32.0 Å². The first-order valence-corrected chi connectivity index (χ1v) is 8.96. The zero-order valence-electron chi connectivity index (χ0n) is 13.3. The molecule has 2 amide bonds. The van der Waals surface area contributed by atoms with Crippen LogP contribution in [-0.2, 0) is 4.79 Å². The number of nitrogens with one attached hydrogen (secondary N) is 2. The molecule has 1 aromatic heterocycles. The van der Waals surface area contributed by atoms with Crippen LogP contribution in [0.5, 0.6) is 0 Å². The monoisotopic (exact) mass is 331 g/mol. The van der Waals surface area contributed by atoms with Gasteiger partial charge in [0.05, 0.1) is 11.4 Å². The van der Waals surface area contributed by atoms with Gasteiger partial charge in [-0.05, 0) is 12.0 Å². The van der Waals surface area contributed by atoms with Gasteiger partial charge in [0.2, 0.25) is 5.91 Å². The molecular formula is C17H21N3O2S. The highest BCUT2D eigenvalue weighted by atomic mass is 32.2. The lowest BCUT2D eigenvalue weighted by molar-refractivity contribution is -0.124. The molecule has 0 bridgehead atoms. The summed E-state index contributed by atoms with van der Waals surface area (Å²) in [6, 6.07) is 7.33. The van der Waals surface area contributed by atoms with Crippen molar-refractivity contribution in [1.29, 1.82) is 0 Å². The van der Waals surface area contributed by atoms with Crippen molar-refractivity contribution in [2.24, 2.45) is 5.92 Å². The predicted molar refractivity (Wildman–Crippen MR) is 93.4 cm³/mol. The summed E-state index contributed by atoms with van der Waals surface area (Å²) in [5.74, 6) is 1.45. The fourth-order valence-electron chi connectivity index (χ4n) is 2.69. The Bertz CT molecular complexity index is 725. The number of fused-ring (bicyclic) bond motifs is 1. The second-order valence-corrected chi connectivity index (χ2v) is 7.18. The lowest BCUT2D eigenvalue weighted by Crippen LogP contribution is -2.47. The van der Waals surface area contributed by atoms with Crippen LogP contribution in [0.15, 0.2) is 30.5 Å². The van der Waals surface area contributed by atoms with E-state index in [1.807, 2.05) is 24.3 Å². The number of hydrogen-bond acceptors (Lipinski definition) is 3. The van der Waals surface area contributed by atoms with Crippen LogP contribution in [0.4, 0.5) is 0 Å². The molecule has 23 heavy (non-hydrogen) atoms. The van der Waals surface area contributed by atoms with Crippen molar-refractivity contribution in [3.63, 3.8) is 0 Å². The van der Waals surface area contributed by atoms with E-state index in [0.717, 1.165) is 10.9 Å². The van der Waals surface area contributed by atoms with E-state index >= 15 is 0 Å². The molecule has 2 aromatic rings.